The number of rotatable bonds is 6. The Kier molecular flexibility index (Phi) is 5.74. The highest BCUT2D eigenvalue weighted by molar-refractivity contribution is 9.10. The van der Waals surface area contributed by atoms with Crippen LogP contribution in [0.15, 0.2) is 27.6 Å². The predicted octanol–water partition coefficient (Wildman–Crippen LogP) is 1.56. The van der Waals surface area contributed by atoms with Gasteiger partial charge in [-0.1, -0.05) is 6.07 Å². The lowest BCUT2D eigenvalue weighted by Crippen LogP contribution is -2.48. The molecule has 0 saturated carbocycles. The number of nitrogens with zero attached hydrogens (tertiary/aromatic N) is 1. The van der Waals surface area contributed by atoms with Crippen LogP contribution >= 0.6 is 15.9 Å². The molecule has 0 aromatic heterocycles. The summed E-state index contributed by atoms with van der Waals surface area (Å²) >= 11 is 3.23. The molecule has 0 amide bonds. The third kappa shape index (κ3) is 4.26. The van der Waals surface area contributed by atoms with Gasteiger partial charge in [0.1, 0.15) is 0 Å². The standard InChI is InChI=1S/C13H21BrN2O3S/c1-13(2,16(3)4)9-15-20(18,19)12-6-5-10(8-17)7-11(12)14/h5-7,15,17H,8-9H2,1-4H3. The van der Waals surface area contributed by atoms with Gasteiger partial charge < -0.3 is 10.0 Å². The zero-order valence-corrected chi connectivity index (χ0v) is 14.5. The lowest BCUT2D eigenvalue weighted by Gasteiger charge is -2.32. The number of likely N-dealkylation sites (N-methyl/N-ethyl adjacent to an activating group) is 1. The van der Waals surface area contributed by atoms with Crippen molar-refractivity contribution in [2.45, 2.75) is 30.9 Å². The number of halogens is 1. The number of aliphatic hydroxyl groups is 1. The molecule has 0 unspecified atom stereocenters. The SMILES string of the molecule is CN(C)C(C)(C)CNS(=O)(=O)c1ccc(CO)cc1Br. The van der Waals surface area contributed by atoms with E-state index in [4.69, 9.17) is 5.11 Å². The van der Waals surface area contributed by atoms with Crippen LogP contribution in [0.1, 0.15) is 19.4 Å². The highest BCUT2D eigenvalue weighted by Crippen LogP contribution is 2.23. The number of hydrogen-bond donors (Lipinski definition) is 2. The quantitative estimate of drug-likeness (QED) is 0.803. The number of benzene rings is 1. The van der Waals surface area contributed by atoms with Gasteiger partial charge in [-0.25, -0.2) is 13.1 Å². The van der Waals surface area contributed by atoms with Gasteiger partial charge in [-0.3, -0.25) is 0 Å². The molecule has 114 valence electrons. The van der Waals surface area contributed by atoms with Gasteiger partial charge in [-0.2, -0.15) is 0 Å². The molecule has 1 aromatic rings. The van der Waals surface area contributed by atoms with E-state index in [1.807, 2.05) is 32.8 Å². The summed E-state index contributed by atoms with van der Waals surface area (Å²) in [6.45, 7) is 4.09. The van der Waals surface area contributed by atoms with Gasteiger partial charge in [0.05, 0.1) is 11.5 Å². The summed E-state index contributed by atoms with van der Waals surface area (Å²) in [5, 5.41) is 9.04. The Morgan fingerprint density at radius 2 is 1.95 bits per heavy atom. The van der Waals surface area contributed by atoms with Gasteiger partial charge in [-0.15, -0.1) is 0 Å². The summed E-state index contributed by atoms with van der Waals surface area (Å²) in [6.07, 6.45) is 0. The van der Waals surface area contributed by atoms with Crippen LogP contribution in [0.5, 0.6) is 0 Å². The summed E-state index contributed by atoms with van der Waals surface area (Å²) in [4.78, 5) is 2.13. The molecule has 0 aliphatic carbocycles. The largest absolute Gasteiger partial charge is 0.392 e. The first-order valence-electron chi connectivity index (χ1n) is 6.16. The zero-order valence-electron chi connectivity index (χ0n) is 12.1. The van der Waals surface area contributed by atoms with Gasteiger partial charge in [-0.05, 0) is 61.6 Å². The fraction of sp³-hybridized carbons (Fsp3) is 0.538. The van der Waals surface area contributed by atoms with Crippen molar-refractivity contribution in [3.63, 3.8) is 0 Å². The topological polar surface area (TPSA) is 69.6 Å². The number of aliphatic hydroxyl groups excluding tert-OH is 1. The number of sulfonamides is 1. The van der Waals surface area contributed by atoms with Crippen LogP contribution in [0.4, 0.5) is 0 Å². The Morgan fingerprint density at radius 3 is 2.40 bits per heavy atom. The molecule has 0 fully saturated rings. The first-order chi connectivity index (χ1) is 9.10. The van der Waals surface area contributed by atoms with E-state index in [2.05, 4.69) is 20.7 Å². The Bertz CT molecular complexity index is 571. The molecule has 0 bridgehead atoms. The Morgan fingerprint density at radius 1 is 1.35 bits per heavy atom. The average Bonchev–Trinajstić information content (AvgIpc) is 2.36. The minimum atomic E-state index is -3.59. The number of nitrogens with one attached hydrogen (secondary N) is 1. The van der Waals surface area contributed by atoms with E-state index in [0.717, 1.165) is 0 Å². The van der Waals surface area contributed by atoms with Crippen molar-refractivity contribution in [2.24, 2.45) is 0 Å². The van der Waals surface area contributed by atoms with E-state index in [-0.39, 0.29) is 17.0 Å². The van der Waals surface area contributed by atoms with Crippen molar-refractivity contribution in [3.05, 3.63) is 28.2 Å². The second-order valence-electron chi connectivity index (χ2n) is 5.45. The summed E-state index contributed by atoms with van der Waals surface area (Å²) in [5.74, 6) is 0. The minimum Gasteiger partial charge on any atom is -0.392 e. The molecule has 0 heterocycles. The van der Waals surface area contributed by atoms with Gasteiger partial charge >= 0.3 is 0 Å². The molecule has 20 heavy (non-hydrogen) atoms. The summed E-state index contributed by atoms with van der Waals surface area (Å²) in [5.41, 5.74) is 0.370. The summed E-state index contributed by atoms with van der Waals surface area (Å²) < 4.78 is 27.7. The fourth-order valence-electron chi connectivity index (χ4n) is 1.37. The molecule has 0 aliphatic rings. The van der Waals surface area contributed by atoms with Crippen LogP contribution in [-0.4, -0.2) is 44.6 Å². The van der Waals surface area contributed by atoms with Gasteiger partial charge in [0.15, 0.2) is 0 Å². The molecule has 1 rings (SSSR count). The van der Waals surface area contributed by atoms with Crippen LogP contribution in [-0.2, 0) is 16.6 Å². The van der Waals surface area contributed by atoms with Crippen LogP contribution in [0, 0.1) is 0 Å². The smallest absolute Gasteiger partial charge is 0.241 e. The minimum absolute atomic E-state index is 0.125. The van der Waals surface area contributed by atoms with Gasteiger partial charge in [0.25, 0.3) is 0 Å². The van der Waals surface area contributed by atoms with E-state index in [1.165, 1.54) is 6.07 Å². The fourth-order valence-corrected chi connectivity index (χ4v) is 3.70. The molecule has 0 spiro atoms. The van der Waals surface area contributed by atoms with Crippen molar-refractivity contribution < 1.29 is 13.5 Å². The highest BCUT2D eigenvalue weighted by atomic mass is 79.9. The van der Waals surface area contributed by atoms with Crippen molar-refractivity contribution in [1.82, 2.24) is 9.62 Å². The molecule has 1 aromatic carbocycles. The second kappa shape index (κ2) is 6.53. The van der Waals surface area contributed by atoms with E-state index in [9.17, 15) is 8.42 Å². The van der Waals surface area contributed by atoms with E-state index in [1.54, 1.807) is 12.1 Å². The molecule has 0 radical (unpaired) electrons. The Balaban J connectivity index is 2.95. The van der Waals surface area contributed by atoms with Crippen molar-refractivity contribution in [1.29, 1.82) is 0 Å². The molecule has 2 N–H and O–H groups in total. The first kappa shape index (κ1) is 17.6. The summed E-state index contributed by atoms with van der Waals surface area (Å²) in [7, 11) is 0.218. The maximum absolute atomic E-state index is 12.3. The van der Waals surface area contributed by atoms with Crippen molar-refractivity contribution in [2.75, 3.05) is 20.6 Å². The van der Waals surface area contributed by atoms with Crippen molar-refractivity contribution >= 4 is 26.0 Å². The molecular formula is C13H21BrN2O3S. The lowest BCUT2D eigenvalue weighted by molar-refractivity contribution is 0.199. The van der Waals surface area contributed by atoms with E-state index < -0.39 is 10.0 Å². The monoisotopic (exact) mass is 364 g/mol. The normalized spacial score (nSPS) is 12.9. The van der Waals surface area contributed by atoms with Gasteiger partial charge in [0.2, 0.25) is 10.0 Å². The first-order valence-corrected chi connectivity index (χ1v) is 8.44. The zero-order chi connectivity index (χ0) is 15.6. The third-order valence-electron chi connectivity index (χ3n) is 3.37. The van der Waals surface area contributed by atoms with E-state index in [0.29, 0.717) is 16.6 Å². The predicted molar refractivity (Wildman–Crippen MR) is 83.0 cm³/mol. The van der Waals surface area contributed by atoms with Gasteiger partial charge in [0, 0.05) is 16.6 Å². The van der Waals surface area contributed by atoms with Crippen LogP contribution in [0.3, 0.4) is 0 Å². The Labute approximate surface area is 129 Å². The van der Waals surface area contributed by atoms with Crippen molar-refractivity contribution in [3.8, 4) is 0 Å². The maximum atomic E-state index is 12.3. The molecule has 7 heteroatoms. The molecule has 0 atom stereocenters. The molecule has 0 saturated heterocycles. The molecular weight excluding hydrogens is 344 g/mol. The Hall–Kier alpha value is -0.470. The third-order valence-corrected chi connectivity index (χ3v) is 5.75. The molecule has 0 aliphatic heterocycles. The highest BCUT2D eigenvalue weighted by Gasteiger charge is 2.25. The second-order valence-corrected chi connectivity index (χ2v) is 8.04. The maximum Gasteiger partial charge on any atom is 0.241 e. The van der Waals surface area contributed by atoms with Crippen LogP contribution in [0.25, 0.3) is 0 Å². The van der Waals surface area contributed by atoms with Crippen LogP contribution < -0.4 is 4.72 Å². The lowest BCUT2D eigenvalue weighted by atomic mass is 10.1. The van der Waals surface area contributed by atoms with Crippen LogP contribution in [0.2, 0.25) is 0 Å². The average molecular weight is 365 g/mol. The summed E-state index contributed by atoms with van der Waals surface area (Å²) in [6, 6.07) is 4.68. The van der Waals surface area contributed by atoms with E-state index >= 15 is 0 Å². The molecule has 5 nitrogen and oxygen atoms in total. The number of hydrogen-bond acceptors (Lipinski definition) is 4.